The number of hydrogen-bond acceptors (Lipinski definition) is 5. The highest BCUT2D eigenvalue weighted by molar-refractivity contribution is 6.04. The topological polar surface area (TPSA) is 81.9 Å². The molecule has 2 aromatic heterocycles. The molecule has 7 nitrogen and oxygen atoms in total. The van der Waals surface area contributed by atoms with E-state index in [0.717, 1.165) is 0 Å². The lowest BCUT2D eigenvalue weighted by atomic mass is 10.1. The lowest BCUT2D eigenvalue weighted by Gasteiger charge is -2.13. The van der Waals surface area contributed by atoms with E-state index < -0.39 is 11.7 Å². The van der Waals surface area contributed by atoms with Crippen LogP contribution in [0.3, 0.4) is 0 Å². The molecule has 162 valence electrons. The van der Waals surface area contributed by atoms with Crippen molar-refractivity contribution in [3.8, 4) is 23.0 Å². The summed E-state index contributed by atoms with van der Waals surface area (Å²) in [5.41, 5.74) is 0.988. The molecule has 0 saturated carbocycles. The van der Waals surface area contributed by atoms with Gasteiger partial charge in [-0.05, 0) is 62.7 Å². The van der Waals surface area contributed by atoms with Gasteiger partial charge in [0.05, 0.1) is 5.56 Å². The summed E-state index contributed by atoms with van der Waals surface area (Å²) in [5.74, 6) is 0.575. The minimum Gasteiger partial charge on any atom is -0.457 e. The summed E-state index contributed by atoms with van der Waals surface area (Å²) in [4.78, 5) is 17.3. The second-order valence-electron chi connectivity index (χ2n) is 7.53. The SMILES string of the molecule is Cc1cc(F)c(C(=O)Nc2cccc(-c3nncn3C(C)C)n2)cc1Oc1ccccc1. The second kappa shape index (κ2) is 8.97. The van der Waals surface area contributed by atoms with Gasteiger partial charge >= 0.3 is 0 Å². The molecule has 0 aliphatic rings. The molecule has 1 amide bonds. The van der Waals surface area contributed by atoms with Crippen molar-refractivity contribution in [1.29, 1.82) is 0 Å². The van der Waals surface area contributed by atoms with Crippen molar-refractivity contribution in [2.75, 3.05) is 5.32 Å². The van der Waals surface area contributed by atoms with Gasteiger partial charge in [-0.1, -0.05) is 24.3 Å². The maximum Gasteiger partial charge on any atom is 0.259 e. The quantitative estimate of drug-likeness (QED) is 0.441. The van der Waals surface area contributed by atoms with Gasteiger partial charge in [-0.3, -0.25) is 4.79 Å². The summed E-state index contributed by atoms with van der Waals surface area (Å²) in [6.07, 6.45) is 1.63. The summed E-state index contributed by atoms with van der Waals surface area (Å²) >= 11 is 0. The number of nitrogens with zero attached hydrogens (tertiary/aromatic N) is 4. The predicted octanol–water partition coefficient (Wildman–Crippen LogP) is 5.41. The fraction of sp³-hybridized carbons (Fsp3) is 0.167. The molecule has 2 aromatic carbocycles. The zero-order valence-electron chi connectivity index (χ0n) is 17.9. The number of para-hydroxylation sites is 1. The number of carbonyl (C=O) groups is 1. The summed E-state index contributed by atoms with van der Waals surface area (Å²) < 4.78 is 22.3. The van der Waals surface area contributed by atoms with Crippen LogP contribution in [0.25, 0.3) is 11.5 Å². The van der Waals surface area contributed by atoms with Gasteiger partial charge in [-0.25, -0.2) is 9.37 Å². The van der Waals surface area contributed by atoms with Crippen molar-refractivity contribution in [3.63, 3.8) is 0 Å². The normalized spacial score (nSPS) is 10.9. The first-order valence-electron chi connectivity index (χ1n) is 10.1. The number of aryl methyl sites for hydroxylation is 1. The molecule has 0 bridgehead atoms. The maximum absolute atomic E-state index is 14.6. The number of carbonyl (C=O) groups excluding carboxylic acids is 1. The number of rotatable bonds is 6. The van der Waals surface area contributed by atoms with E-state index >= 15 is 0 Å². The molecule has 2 heterocycles. The summed E-state index contributed by atoms with van der Waals surface area (Å²) in [7, 11) is 0. The molecule has 4 aromatic rings. The molecule has 8 heteroatoms. The Hall–Kier alpha value is -4.07. The molecular weight excluding hydrogens is 409 g/mol. The number of nitrogens with one attached hydrogen (secondary N) is 1. The van der Waals surface area contributed by atoms with Gasteiger partial charge in [0.2, 0.25) is 0 Å². The van der Waals surface area contributed by atoms with Crippen molar-refractivity contribution >= 4 is 11.7 Å². The van der Waals surface area contributed by atoms with E-state index in [-0.39, 0.29) is 17.4 Å². The molecule has 4 rings (SSSR count). The third kappa shape index (κ3) is 4.49. The molecule has 0 radical (unpaired) electrons. The molecule has 0 unspecified atom stereocenters. The van der Waals surface area contributed by atoms with E-state index in [9.17, 15) is 9.18 Å². The fourth-order valence-corrected chi connectivity index (χ4v) is 3.17. The molecule has 0 aliphatic carbocycles. The Morgan fingerprint density at radius 2 is 1.88 bits per heavy atom. The van der Waals surface area contributed by atoms with Crippen LogP contribution in [-0.4, -0.2) is 25.7 Å². The number of ether oxygens (including phenoxy) is 1. The second-order valence-corrected chi connectivity index (χ2v) is 7.53. The van der Waals surface area contributed by atoms with E-state index in [1.807, 2.05) is 36.6 Å². The van der Waals surface area contributed by atoms with Crippen molar-refractivity contribution in [3.05, 3.63) is 83.9 Å². The van der Waals surface area contributed by atoms with E-state index in [2.05, 4.69) is 20.5 Å². The number of benzene rings is 2. The molecule has 32 heavy (non-hydrogen) atoms. The Morgan fingerprint density at radius 3 is 2.62 bits per heavy atom. The van der Waals surface area contributed by atoms with Crippen LogP contribution in [0.2, 0.25) is 0 Å². The number of anilines is 1. The molecular formula is C24H22FN5O2. The van der Waals surface area contributed by atoms with Gasteiger partial charge < -0.3 is 14.6 Å². The predicted molar refractivity (Wildman–Crippen MR) is 119 cm³/mol. The van der Waals surface area contributed by atoms with Crippen LogP contribution in [0.5, 0.6) is 11.5 Å². The molecule has 0 saturated heterocycles. The Labute approximate surface area is 184 Å². The lowest BCUT2D eigenvalue weighted by molar-refractivity contribution is 0.102. The number of hydrogen-bond donors (Lipinski definition) is 1. The Morgan fingerprint density at radius 1 is 1.09 bits per heavy atom. The highest BCUT2D eigenvalue weighted by Gasteiger charge is 2.18. The van der Waals surface area contributed by atoms with Gasteiger partial charge in [0.1, 0.15) is 35.2 Å². The zero-order chi connectivity index (χ0) is 22.7. The van der Waals surface area contributed by atoms with Crippen molar-refractivity contribution in [2.24, 2.45) is 0 Å². The molecule has 0 fully saturated rings. The van der Waals surface area contributed by atoms with Crippen LogP contribution in [0.1, 0.15) is 35.8 Å². The first kappa shape index (κ1) is 21.2. The maximum atomic E-state index is 14.6. The first-order valence-corrected chi connectivity index (χ1v) is 10.1. The average Bonchev–Trinajstić information content (AvgIpc) is 3.27. The average molecular weight is 431 g/mol. The number of pyridine rings is 1. The van der Waals surface area contributed by atoms with Crippen LogP contribution >= 0.6 is 0 Å². The van der Waals surface area contributed by atoms with E-state index in [0.29, 0.717) is 28.6 Å². The van der Waals surface area contributed by atoms with Gasteiger partial charge in [0.15, 0.2) is 5.82 Å². The molecule has 0 aliphatic heterocycles. The highest BCUT2D eigenvalue weighted by Crippen LogP contribution is 2.28. The third-order valence-corrected chi connectivity index (χ3v) is 4.83. The molecule has 0 spiro atoms. The van der Waals surface area contributed by atoms with Crippen LogP contribution in [0, 0.1) is 12.7 Å². The van der Waals surface area contributed by atoms with Gasteiger partial charge in [0.25, 0.3) is 5.91 Å². The largest absolute Gasteiger partial charge is 0.457 e. The van der Waals surface area contributed by atoms with Gasteiger partial charge in [-0.2, -0.15) is 0 Å². The van der Waals surface area contributed by atoms with E-state index in [1.54, 1.807) is 43.6 Å². The van der Waals surface area contributed by atoms with Crippen LogP contribution < -0.4 is 10.1 Å². The van der Waals surface area contributed by atoms with Crippen LogP contribution in [-0.2, 0) is 0 Å². The third-order valence-electron chi connectivity index (χ3n) is 4.83. The Balaban J connectivity index is 1.59. The molecule has 1 N–H and O–H groups in total. The van der Waals surface area contributed by atoms with Crippen molar-refractivity contribution in [2.45, 2.75) is 26.8 Å². The smallest absolute Gasteiger partial charge is 0.259 e. The number of amides is 1. The Kier molecular flexibility index (Phi) is 5.93. The molecule has 0 atom stereocenters. The van der Waals surface area contributed by atoms with Crippen molar-refractivity contribution < 1.29 is 13.9 Å². The van der Waals surface area contributed by atoms with Crippen LogP contribution in [0.4, 0.5) is 10.2 Å². The summed E-state index contributed by atoms with van der Waals surface area (Å²) in [6.45, 7) is 5.74. The minimum absolute atomic E-state index is 0.140. The monoisotopic (exact) mass is 431 g/mol. The fourth-order valence-electron chi connectivity index (χ4n) is 3.17. The number of halogens is 1. The zero-order valence-corrected chi connectivity index (χ0v) is 17.9. The van der Waals surface area contributed by atoms with Crippen LogP contribution in [0.15, 0.2) is 67.0 Å². The summed E-state index contributed by atoms with van der Waals surface area (Å²) in [5, 5.41) is 10.7. The van der Waals surface area contributed by atoms with E-state index in [4.69, 9.17) is 4.74 Å². The van der Waals surface area contributed by atoms with Crippen molar-refractivity contribution in [1.82, 2.24) is 19.7 Å². The Bertz CT molecular complexity index is 1250. The summed E-state index contributed by atoms with van der Waals surface area (Å²) in [6, 6.07) is 17.1. The van der Waals surface area contributed by atoms with Gasteiger partial charge in [-0.15, -0.1) is 10.2 Å². The lowest BCUT2D eigenvalue weighted by Crippen LogP contribution is -2.15. The standard InChI is InChI=1S/C24H22FN5O2/c1-15(2)30-14-26-29-23(30)20-10-7-11-22(27-20)28-24(31)18-13-21(16(3)12-19(18)25)32-17-8-5-4-6-9-17/h4-15H,1-3H3,(H,27,28,31). The minimum atomic E-state index is -0.642. The number of aromatic nitrogens is 4. The highest BCUT2D eigenvalue weighted by atomic mass is 19.1. The van der Waals surface area contributed by atoms with Gasteiger partial charge in [0, 0.05) is 6.04 Å². The first-order chi connectivity index (χ1) is 15.4. The van der Waals surface area contributed by atoms with E-state index in [1.165, 1.54) is 12.1 Å².